The summed E-state index contributed by atoms with van der Waals surface area (Å²) in [5, 5.41) is 18.5. The van der Waals surface area contributed by atoms with E-state index in [0.717, 1.165) is 11.4 Å². The third kappa shape index (κ3) is 3.12. The number of halogens is 1. The fourth-order valence-electron chi connectivity index (χ4n) is 2.43. The van der Waals surface area contributed by atoms with Crippen LogP contribution in [0.15, 0.2) is 36.9 Å². The molecule has 2 aromatic heterocycles. The van der Waals surface area contributed by atoms with E-state index in [1.807, 2.05) is 33.7 Å². The first kappa shape index (κ1) is 15.7. The number of aliphatic hydroxyl groups is 2. The van der Waals surface area contributed by atoms with E-state index in [0.29, 0.717) is 29.4 Å². The van der Waals surface area contributed by atoms with Gasteiger partial charge >= 0.3 is 0 Å². The van der Waals surface area contributed by atoms with Crippen molar-refractivity contribution in [1.29, 1.82) is 0 Å². The number of rotatable bonds is 6. The van der Waals surface area contributed by atoms with E-state index < -0.39 is 0 Å². The van der Waals surface area contributed by atoms with E-state index in [9.17, 15) is 0 Å². The van der Waals surface area contributed by atoms with Gasteiger partial charge in [-0.2, -0.15) is 0 Å². The van der Waals surface area contributed by atoms with Gasteiger partial charge in [0.2, 0.25) is 0 Å². The second kappa shape index (κ2) is 6.91. The molecular formula is C15H16ClN5O2. The van der Waals surface area contributed by atoms with Crippen molar-refractivity contribution in [2.24, 2.45) is 0 Å². The summed E-state index contributed by atoms with van der Waals surface area (Å²) in [4.78, 5) is 14.3. The van der Waals surface area contributed by atoms with Crippen molar-refractivity contribution in [1.82, 2.24) is 19.5 Å². The van der Waals surface area contributed by atoms with Crippen molar-refractivity contribution in [2.75, 3.05) is 31.2 Å². The smallest absolute Gasteiger partial charge is 0.169 e. The summed E-state index contributed by atoms with van der Waals surface area (Å²) < 4.78 is 1.83. The zero-order valence-corrected chi connectivity index (χ0v) is 13.1. The first-order chi connectivity index (χ1) is 11.2. The molecule has 0 amide bonds. The van der Waals surface area contributed by atoms with Crippen molar-refractivity contribution in [3.63, 3.8) is 0 Å². The standard InChI is InChI=1S/C15H16ClN5O2/c16-14-13-15(18-9-17-14)21(10-19-13)12-3-1-11(2-4-12)20(5-7-22)6-8-23/h1-4,9-10,22-23H,5-8H2. The summed E-state index contributed by atoms with van der Waals surface area (Å²) in [5.41, 5.74) is 3.01. The molecule has 3 aromatic rings. The minimum atomic E-state index is 0.0311. The third-order valence-corrected chi connectivity index (χ3v) is 3.80. The van der Waals surface area contributed by atoms with Gasteiger partial charge in [-0.05, 0) is 24.3 Å². The number of fused-ring (bicyclic) bond motifs is 1. The van der Waals surface area contributed by atoms with Crippen LogP contribution in [-0.4, -0.2) is 56.0 Å². The van der Waals surface area contributed by atoms with Crippen LogP contribution in [0.2, 0.25) is 5.15 Å². The van der Waals surface area contributed by atoms with Crippen LogP contribution in [0.4, 0.5) is 5.69 Å². The molecule has 3 rings (SSSR count). The highest BCUT2D eigenvalue weighted by Crippen LogP contribution is 2.22. The Kier molecular flexibility index (Phi) is 4.71. The average Bonchev–Trinajstić information content (AvgIpc) is 3.00. The van der Waals surface area contributed by atoms with Crippen LogP contribution in [0, 0.1) is 0 Å². The monoisotopic (exact) mass is 333 g/mol. The Morgan fingerprint density at radius 2 is 1.70 bits per heavy atom. The van der Waals surface area contributed by atoms with E-state index in [1.54, 1.807) is 6.33 Å². The van der Waals surface area contributed by atoms with Crippen molar-refractivity contribution >= 4 is 28.5 Å². The van der Waals surface area contributed by atoms with Gasteiger partial charge < -0.3 is 15.1 Å². The van der Waals surface area contributed by atoms with Gasteiger partial charge in [-0.25, -0.2) is 15.0 Å². The molecule has 0 saturated carbocycles. The molecule has 0 aliphatic rings. The molecule has 2 N–H and O–H groups in total. The molecule has 0 radical (unpaired) electrons. The van der Waals surface area contributed by atoms with Crippen LogP contribution in [-0.2, 0) is 0 Å². The minimum Gasteiger partial charge on any atom is -0.395 e. The molecule has 120 valence electrons. The van der Waals surface area contributed by atoms with Crippen molar-refractivity contribution in [3.8, 4) is 5.69 Å². The lowest BCUT2D eigenvalue weighted by atomic mass is 10.2. The topological polar surface area (TPSA) is 87.3 Å². The number of anilines is 1. The zero-order chi connectivity index (χ0) is 16.2. The number of benzene rings is 1. The maximum absolute atomic E-state index is 9.11. The molecule has 23 heavy (non-hydrogen) atoms. The van der Waals surface area contributed by atoms with Gasteiger partial charge in [-0.15, -0.1) is 0 Å². The fraction of sp³-hybridized carbons (Fsp3) is 0.267. The Balaban J connectivity index is 1.93. The Bertz CT molecular complexity index is 784. The van der Waals surface area contributed by atoms with Gasteiger partial charge in [-0.1, -0.05) is 11.6 Å². The van der Waals surface area contributed by atoms with Crippen molar-refractivity contribution < 1.29 is 10.2 Å². The lowest BCUT2D eigenvalue weighted by Gasteiger charge is -2.23. The molecule has 7 nitrogen and oxygen atoms in total. The summed E-state index contributed by atoms with van der Waals surface area (Å²) in [6, 6.07) is 7.70. The molecule has 0 aliphatic carbocycles. The van der Waals surface area contributed by atoms with Crippen LogP contribution in [0.5, 0.6) is 0 Å². The van der Waals surface area contributed by atoms with E-state index >= 15 is 0 Å². The molecule has 0 fully saturated rings. The molecule has 1 aromatic carbocycles. The van der Waals surface area contributed by atoms with Gasteiger partial charge in [-0.3, -0.25) is 4.57 Å². The first-order valence-corrected chi connectivity index (χ1v) is 7.53. The van der Waals surface area contributed by atoms with Crippen LogP contribution in [0.3, 0.4) is 0 Å². The zero-order valence-electron chi connectivity index (χ0n) is 12.3. The average molecular weight is 334 g/mol. The second-order valence-electron chi connectivity index (χ2n) is 4.90. The summed E-state index contributed by atoms with van der Waals surface area (Å²) >= 11 is 6.01. The predicted octanol–water partition coefficient (Wildman–Crippen LogP) is 1.26. The highest BCUT2D eigenvalue weighted by atomic mass is 35.5. The summed E-state index contributed by atoms with van der Waals surface area (Å²) in [5.74, 6) is 0. The van der Waals surface area contributed by atoms with Gasteiger partial charge in [0.25, 0.3) is 0 Å². The molecule has 0 bridgehead atoms. The van der Waals surface area contributed by atoms with E-state index in [-0.39, 0.29) is 13.2 Å². The highest BCUT2D eigenvalue weighted by molar-refractivity contribution is 6.33. The molecule has 0 spiro atoms. The van der Waals surface area contributed by atoms with Gasteiger partial charge in [0, 0.05) is 24.5 Å². The SMILES string of the molecule is OCCN(CCO)c1ccc(-n2cnc3c(Cl)ncnc32)cc1. The lowest BCUT2D eigenvalue weighted by Crippen LogP contribution is -2.29. The Hall–Kier alpha value is -2.22. The lowest BCUT2D eigenvalue weighted by molar-refractivity contribution is 0.281. The number of hydrogen-bond acceptors (Lipinski definition) is 6. The van der Waals surface area contributed by atoms with Crippen LogP contribution in [0.1, 0.15) is 0 Å². The maximum atomic E-state index is 9.11. The van der Waals surface area contributed by atoms with Gasteiger partial charge in [0.05, 0.1) is 13.2 Å². The number of imidazole rings is 1. The quantitative estimate of drug-likeness (QED) is 0.660. The van der Waals surface area contributed by atoms with Crippen molar-refractivity contribution in [2.45, 2.75) is 0 Å². The molecule has 0 unspecified atom stereocenters. The molecular weight excluding hydrogens is 318 g/mol. The van der Waals surface area contributed by atoms with E-state index in [4.69, 9.17) is 21.8 Å². The Morgan fingerprint density at radius 3 is 2.35 bits per heavy atom. The number of aromatic nitrogens is 4. The van der Waals surface area contributed by atoms with E-state index in [1.165, 1.54) is 6.33 Å². The number of nitrogens with zero attached hydrogens (tertiary/aromatic N) is 5. The Morgan fingerprint density at radius 1 is 1.00 bits per heavy atom. The molecule has 2 heterocycles. The predicted molar refractivity (Wildman–Crippen MR) is 88.1 cm³/mol. The molecule has 0 aliphatic heterocycles. The third-order valence-electron chi connectivity index (χ3n) is 3.52. The van der Waals surface area contributed by atoms with Crippen molar-refractivity contribution in [3.05, 3.63) is 42.1 Å². The van der Waals surface area contributed by atoms with E-state index in [2.05, 4.69) is 15.0 Å². The van der Waals surface area contributed by atoms with Crippen LogP contribution >= 0.6 is 11.6 Å². The largest absolute Gasteiger partial charge is 0.395 e. The first-order valence-electron chi connectivity index (χ1n) is 7.15. The highest BCUT2D eigenvalue weighted by Gasteiger charge is 2.10. The number of hydrogen-bond donors (Lipinski definition) is 2. The summed E-state index contributed by atoms with van der Waals surface area (Å²) in [6.07, 6.45) is 3.06. The molecule has 0 atom stereocenters. The summed E-state index contributed by atoms with van der Waals surface area (Å²) in [6.45, 7) is 1.00. The Labute approximate surface area is 137 Å². The van der Waals surface area contributed by atoms with Gasteiger partial charge in [0.1, 0.15) is 18.2 Å². The second-order valence-corrected chi connectivity index (χ2v) is 5.26. The normalized spacial score (nSPS) is 11.1. The van der Waals surface area contributed by atoms with Crippen LogP contribution < -0.4 is 4.90 Å². The fourth-order valence-corrected chi connectivity index (χ4v) is 2.61. The van der Waals surface area contributed by atoms with Gasteiger partial charge in [0.15, 0.2) is 10.8 Å². The van der Waals surface area contributed by atoms with Crippen LogP contribution in [0.25, 0.3) is 16.9 Å². The molecule has 0 saturated heterocycles. The molecule has 8 heteroatoms. The summed E-state index contributed by atoms with van der Waals surface area (Å²) in [7, 11) is 0. The maximum Gasteiger partial charge on any atom is 0.169 e. The minimum absolute atomic E-state index is 0.0311. The number of aliphatic hydroxyl groups excluding tert-OH is 2.